The zero-order chi connectivity index (χ0) is 20.6. The molecule has 1 aliphatic heterocycles. The number of carbonyl (C=O) groups is 1. The number of hydrogen-bond donors (Lipinski definition) is 0. The fraction of sp³-hybridized carbons (Fsp3) is 0.211. The van der Waals surface area contributed by atoms with Crippen molar-refractivity contribution < 1.29 is 17.9 Å². The number of rotatable bonds is 5. The van der Waals surface area contributed by atoms with E-state index in [1.54, 1.807) is 6.07 Å². The van der Waals surface area contributed by atoms with E-state index < -0.39 is 16.0 Å². The smallest absolute Gasteiger partial charge is 0.338 e. The number of benzene rings is 2. The van der Waals surface area contributed by atoms with Crippen LogP contribution in [0.1, 0.15) is 28.5 Å². The summed E-state index contributed by atoms with van der Waals surface area (Å²) in [6.45, 7) is 1.73. The van der Waals surface area contributed by atoms with Gasteiger partial charge in [0.25, 0.3) is 10.0 Å². The first kappa shape index (κ1) is 19.8. The molecule has 7 nitrogen and oxygen atoms in total. The average Bonchev–Trinajstić information content (AvgIpc) is 3.28. The van der Waals surface area contributed by atoms with Crippen molar-refractivity contribution in [3.05, 3.63) is 69.7 Å². The lowest BCUT2D eigenvalue weighted by Crippen LogP contribution is -2.35. The molecule has 10 heteroatoms. The van der Waals surface area contributed by atoms with Gasteiger partial charge in [0.15, 0.2) is 0 Å². The van der Waals surface area contributed by atoms with Crippen LogP contribution in [0.4, 0.5) is 5.69 Å². The van der Waals surface area contributed by atoms with Gasteiger partial charge in [0.1, 0.15) is 16.6 Å². The predicted molar refractivity (Wildman–Crippen MR) is 110 cm³/mol. The van der Waals surface area contributed by atoms with Crippen LogP contribution >= 0.6 is 23.1 Å². The zero-order valence-electron chi connectivity index (χ0n) is 15.3. The molecule has 2 aromatic carbocycles. The summed E-state index contributed by atoms with van der Waals surface area (Å²) in [5, 5.41) is 3.78. The molecule has 4 rings (SSSR count). The van der Waals surface area contributed by atoms with Gasteiger partial charge in [0, 0.05) is 17.6 Å². The Labute approximate surface area is 177 Å². The van der Waals surface area contributed by atoms with Crippen LogP contribution in [0.25, 0.3) is 0 Å². The SMILES string of the molecule is C[C@@H]1Cc2ccccc2N1S(=O)(=O)c1cccc(C(=O)OCc2nnsc2Cl)c1. The first-order valence-electron chi connectivity index (χ1n) is 8.74. The Kier molecular flexibility index (Phi) is 5.28. The van der Waals surface area contributed by atoms with Crippen molar-refractivity contribution in [1.29, 1.82) is 0 Å². The van der Waals surface area contributed by atoms with Gasteiger partial charge in [-0.05, 0) is 43.2 Å². The number of hydrogen-bond acceptors (Lipinski definition) is 7. The van der Waals surface area contributed by atoms with Crippen molar-refractivity contribution >= 4 is 44.8 Å². The lowest BCUT2D eigenvalue weighted by atomic mass is 10.1. The third-order valence-corrected chi connectivity index (χ3v) is 7.53. The Hall–Kier alpha value is -2.49. The zero-order valence-corrected chi connectivity index (χ0v) is 17.7. The standard InChI is InChI=1S/C19H16ClN3O4S2/c1-12-9-13-5-2-3-8-17(13)23(12)29(25,26)15-7-4-6-14(10-15)19(24)27-11-16-18(20)28-22-21-16/h2-8,10,12H,9,11H2,1H3/t12-/m1/s1. The van der Waals surface area contributed by atoms with Gasteiger partial charge in [-0.2, -0.15) is 0 Å². The van der Waals surface area contributed by atoms with E-state index in [2.05, 4.69) is 9.59 Å². The molecule has 0 unspecified atom stereocenters. The number of aromatic nitrogens is 2. The van der Waals surface area contributed by atoms with Crippen LogP contribution in [0.2, 0.25) is 4.34 Å². The van der Waals surface area contributed by atoms with E-state index >= 15 is 0 Å². The Morgan fingerprint density at radius 3 is 2.83 bits per heavy atom. The monoisotopic (exact) mass is 449 g/mol. The molecule has 0 saturated heterocycles. The van der Waals surface area contributed by atoms with E-state index in [1.807, 2.05) is 25.1 Å². The molecule has 0 radical (unpaired) electrons. The molecule has 0 saturated carbocycles. The van der Waals surface area contributed by atoms with Crippen LogP contribution in [0.5, 0.6) is 0 Å². The van der Waals surface area contributed by atoms with Crippen molar-refractivity contribution in [2.24, 2.45) is 0 Å². The second kappa shape index (κ2) is 7.74. The van der Waals surface area contributed by atoms with Crippen LogP contribution in [0.15, 0.2) is 53.4 Å². The maximum absolute atomic E-state index is 13.3. The summed E-state index contributed by atoms with van der Waals surface area (Å²) < 4.78 is 37.2. The molecule has 150 valence electrons. The van der Waals surface area contributed by atoms with E-state index in [1.165, 1.54) is 28.6 Å². The van der Waals surface area contributed by atoms with Crippen LogP contribution < -0.4 is 4.31 Å². The van der Waals surface area contributed by atoms with Gasteiger partial charge < -0.3 is 4.74 Å². The number of fused-ring (bicyclic) bond motifs is 1. The van der Waals surface area contributed by atoms with Gasteiger partial charge in [0.05, 0.1) is 16.1 Å². The van der Waals surface area contributed by atoms with Crippen molar-refractivity contribution in [2.75, 3.05) is 4.31 Å². The highest BCUT2D eigenvalue weighted by Gasteiger charge is 2.36. The summed E-state index contributed by atoms with van der Waals surface area (Å²) in [7, 11) is -3.84. The molecule has 0 fully saturated rings. The van der Waals surface area contributed by atoms with Crippen LogP contribution in [-0.4, -0.2) is 30.0 Å². The first-order chi connectivity index (χ1) is 13.9. The van der Waals surface area contributed by atoms with Crippen LogP contribution in [0.3, 0.4) is 0 Å². The number of ether oxygens (including phenoxy) is 1. The number of anilines is 1. The number of halogens is 1. The van der Waals surface area contributed by atoms with Crippen molar-refractivity contribution in [1.82, 2.24) is 9.59 Å². The third kappa shape index (κ3) is 3.73. The van der Waals surface area contributed by atoms with E-state index in [0.717, 1.165) is 17.1 Å². The number of para-hydroxylation sites is 1. The fourth-order valence-electron chi connectivity index (χ4n) is 3.30. The largest absolute Gasteiger partial charge is 0.455 e. The van der Waals surface area contributed by atoms with E-state index in [9.17, 15) is 13.2 Å². The molecule has 1 aromatic heterocycles. The Bertz CT molecular complexity index is 1180. The second-order valence-electron chi connectivity index (χ2n) is 6.58. The summed E-state index contributed by atoms with van der Waals surface area (Å²) in [6, 6.07) is 13.0. The molecular weight excluding hydrogens is 434 g/mol. The number of sulfonamides is 1. The molecular formula is C19H16ClN3O4S2. The van der Waals surface area contributed by atoms with Crippen LogP contribution in [-0.2, 0) is 27.8 Å². The molecule has 1 atom stereocenters. The lowest BCUT2D eigenvalue weighted by Gasteiger charge is -2.24. The van der Waals surface area contributed by atoms with Gasteiger partial charge in [-0.1, -0.05) is 40.4 Å². The molecule has 1 aliphatic rings. The summed E-state index contributed by atoms with van der Waals surface area (Å²) in [4.78, 5) is 12.4. The summed E-state index contributed by atoms with van der Waals surface area (Å²) in [5.74, 6) is -0.666. The Balaban J connectivity index is 1.59. The normalized spacial score (nSPS) is 15.9. The van der Waals surface area contributed by atoms with Gasteiger partial charge in [-0.15, -0.1) is 5.10 Å². The Morgan fingerprint density at radius 1 is 1.28 bits per heavy atom. The van der Waals surface area contributed by atoms with Crippen molar-refractivity contribution in [2.45, 2.75) is 30.9 Å². The molecule has 2 heterocycles. The summed E-state index contributed by atoms with van der Waals surface area (Å²) >= 11 is 6.89. The minimum atomic E-state index is -3.84. The van der Waals surface area contributed by atoms with Gasteiger partial charge in [-0.25, -0.2) is 13.2 Å². The highest BCUT2D eigenvalue weighted by atomic mass is 35.5. The maximum Gasteiger partial charge on any atom is 0.338 e. The van der Waals surface area contributed by atoms with Gasteiger partial charge in [-0.3, -0.25) is 4.31 Å². The average molecular weight is 450 g/mol. The lowest BCUT2D eigenvalue weighted by molar-refractivity contribution is 0.0467. The second-order valence-corrected chi connectivity index (χ2v) is 9.75. The number of carbonyl (C=O) groups excluding carboxylic acids is 1. The highest BCUT2D eigenvalue weighted by molar-refractivity contribution is 7.92. The Morgan fingerprint density at radius 2 is 2.07 bits per heavy atom. The van der Waals surface area contributed by atoms with E-state index in [-0.39, 0.29) is 23.1 Å². The topological polar surface area (TPSA) is 89.5 Å². The summed E-state index contributed by atoms with van der Waals surface area (Å²) in [6.07, 6.45) is 0.638. The first-order valence-corrected chi connectivity index (χ1v) is 11.3. The number of esters is 1. The highest BCUT2D eigenvalue weighted by Crippen LogP contribution is 2.36. The van der Waals surface area contributed by atoms with Crippen molar-refractivity contribution in [3.8, 4) is 0 Å². The third-order valence-electron chi connectivity index (χ3n) is 4.62. The quantitative estimate of drug-likeness (QED) is 0.552. The molecule has 29 heavy (non-hydrogen) atoms. The molecule has 0 bridgehead atoms. The molecule has 3 aromatic rings. The number of nitrogens with zero attached hydrogens (tertiary/aromatic N) is 3. The molecule has 0 aliphatic carbocycles. The van der Waals surface area contributed by atoms with E-state index in [0.29, 0.717) is 22.1 Å². The maximum atomic E-state index is 13.3. The minimum Gasteiger partial charge on any atom is -0.455 e. The van der Waals surface area contributed by atoms with E-state index in [4.69, 9.17) is 16.3 Å². The fourth-order valence-corrected chi connectivity index (χ4v) is 5.64. The van der Waals surface area contributed by atoms with Crippen molar-refractivity contribution in [3.63, 3.8) is 0 Å². The van der Waals surface area contributed by atoms with Gasteiger partial charge >= 0.3 is 5.97 Å². The van der Waals surface area contributed by atoms with Gasteiger partial charge in [0.2, 0.25) is 0 Å². The summed E-state index contributed by atoms with van der Waals surface area (Å²) in [5.41, 5.74) is 2.13. The molecule has 0 amide bonds. The minimum absolute atomic E-state index is 0.0314. The van der Waals surface area contributed by atoms with Crippen LogP contribution in [0, 0.1) is 0 Å². The molecule has 0 spiro atoms. The predicted octanol–water partition coefficient (Wildman–Crippen LogP) is 3.69. The molecule has 0 N–H and O–H groups in total.